The SMILES string of the molecule is CNS(=O)c1ccc(CNC(=O)c2ccc(Oc3ccc(OC(C)(F)F)cc3)nc2)c(Cl)c1. The Balaban J connectivity index is 1.56. The zero-order valence-corrected chi connectivity index (χ0v) is 19.2. The first-order valence-corrected chi connectivity index (χ1v) is 11.1. The van der Waals surface area contributed by atoms with Crippen molar-refractivity contribution < 1.29 is 27.3 Å². The van der Waals surface area contributed by atoms with Gasteiger partial charge in [0.25, 0.3) is 5.91 Å². The number of hydrogen-bond acceptors (Lipinski definition) is 5. The number of nitrogens with zero attached hydrogens (tertiary/aromatic N) is 1. The van der Waals surface area contributed by atoms with Crippen LogP contribution in [0.1, 0.15) is 22.8 Å². The van der Waals surface area contributed by atoms with Crippen molar-refractivity contribution in [2.45, 2.75) is 24.5 Å². The molecule has 0 aliphatic heterocycles. The quantitative estimate of drug-likeness (QED) is 0.449. The van der Waals surface area contributed by atoms with Gasteiger partial charge in [0.2, 0.25) is 5.88 Å². The van der Waals surface area contributed by atoms with Gasteiger partial charge in [-0.05, 0) is 55.1 Å². The van der Waals surface area contributed by atoms with E-state index in [9.17, 15) is 17.8 Å². The Morgan fingerprint density at radius 2 is 1.82 bits per heavy atom. The largest absolute Gasteiger partial charge is 0.439 e. The third-order valence-corrected chi connectivity index (χ3v) is 5.61. The number of amides is 1. The summed E-state index contributed by atoms with van der Waals surface area (Å²) in [6.45, 7) is 0.825. The van der Waals surface area contributed by atoms with Crippen LogP contribution in [0.25, 0.3) is 0 Å². The van der Waals surface area contributed by atoms with E-state index < -0.39 is 17.1 Å². The third kappa shape index (κ3) is 7.21. The van der Waals surface area contributed by atoms with Crippen LogP contribution in [0, 0.1) is 0 Å². The minimum atomic E-state index is -3.28. The molecule has 0 saturated carbocycles. The van der Waals surface area contributed by atoms with Crippen molar-refractivity contribution in [2.75, 3.05) is 7.05 Å². The molecule has 0 aliphatic carbocycles. The van der Waals surface area contributed by atoms with Crippen LogP contribution in [-0.2, 0) is 17.5 Å². The first-order valence-electron chi connectivity index (χ1n) is 9.61. The summed E-state index contributed by atoms with van der Waals surface area (Å²) in [5, 5.41) is 3.13. The van der Waals surface area contributed by atoms with Gasteiger partial charge in [0.1, 0.15) is 22.5 Å². The zero-order chi connectivity index (χ0) is 24.0. The zero-order valence-electron chi connectivity index (χ0n) is 17.6. The molecule has 3 rings (SSSR count). The highest BCUT2D eigenvalue weighted by molar-refractivity contribution is 7.83. The smallest absolute Gasteiger partial charge is 0.394 e. The molecule has 0 bridgehead atoms. The van der Waals surface area contributed by atoms with E-state index in [0.717, 1.165) is 0 Å². The van der Waals surface area contributed by atoms with E-state index >= 15 is 0 Å². The molecule has 33 heavy (non-hydrogen) atoms. The summed E-state index contributed by atoms with van der Waals surface area (Å²) in [5.74, 6) is 0.218. The lowest BCUT2D eigenvalue weighted by Gasteiger charge is -2.13. The molecule has 11 heteroatoms. The number of ether oxygens (including phenoxy) is 2. The molecule has 0 saturated heterocycles. The van der Waals surface area contributed by atoms with Gasteiger partial charge in [-0.3, -0.25) is 4.79 Å². The van der Waals surface area contributed by atoms with Crippen molar-refractivity contribution >= 4 is 28.5 Å². The van der Waals surface area contributed by atoms with Gasteiger partial charge in [0.05, 0.1) is 10.5 Å². The number of halogens is 3. The summed E-state index contributed by atoms with van der Waals surface area (Å²) in [5.41, 5.74) is 0.975. The number of nitrogens with one attached hydrogen (secondary N) is 2. The fourth-order valence-corrected chi connectivity index (χ4v) is 3.62. The summed E-state index contributed by atoms with van der Waals surface area (Å²) >= 11 is 6.21. The number of benzene rings is 2. The minimum absolute atomic E-state index is 0.000128. The summed E-state index contributed by atoms with van der Waals surface area (Å²) in [7, 11) is 0.221. The van der Waals surface area contributed by atoms with E-state index in [4.69, 9.17) is 16.3 Å². The lowest BCUT2D eigenvalue weighted by molar-refractivity contribution is -0.158. The second kappa shape index (κ2) is 10.7. The number of alkyl halides is 2. The van der Waals surface area contributed by atoms with Crippen LogP contribution in [0.15, 0.2) is 65.7 Å². The predicted octanol–water partition coefficient (Wildman–Crippen LogP) is 4.69. The summed E-state index contributed by atoms with van der Waals surface area (Å²) in [4.78, 5) is 17.0. The Hall–Kier alpha value is -3.08. The maximum atomic E-state index is 12.9. The molecule has 1 heterocycles. The van der Waals surface area contributed by atoms with Crippen LogP contribution in [0.3, 0.4) is 0 Å². The first-order chi connectivity index (χ1) is 15.6. The molecule has 0 radical (unpaired) electrons. The molecular formula is C22H20ClF2N3O4S. The fraction of sp³-hybridized carbons (Fsp3) is 0.182. The Morgan fingerprint density at radius 1 is 1.12 bits per heavy atom. The standard InChI is InChI=1S/C22H20ClF2N3O4S/c1-22(24,25)32-17-7-5-16(6-8-17)31-20-10-4-15(13-27-20)21(29)28-12-14-3-9-18(11-19(14)23)33(30)26-2/h3-11,13,26H,12H2,1-2H3,(H,28,29). The molecule has 1 aromatic heterocycles. The molecule has 1 amide bonds. The average Bonchev–Trinajstić information content (AvgIpc) is 2.78. The molecule has 7 nitrogen and oxygen atoms in total. The van der Waals surface area contributed by atoms with Crippen molar-refractivity contribution in [3.8, 4) is 17.4 Å². The van der Waals surface area contributed by atoms with Crippen LogP contribution in [-0.4, -0.2) is 28.3 Å². The summed E-state index contributed by atoms with van der Waals surface area (Å²) in [6.07, 6.45) is -1.93. The molecule has 0 aliphatic rings. The van der Waals surface area contributed by atoms with E-state index in [2.05, 4.69) is 19.8 Å². The second-order valence-electron chi connectivity index (χ2n) is 6.78. The third-order valence-electron chi connectivity index (χ3n) is 4.21. The first kappa shape index (κ1) is 24.6. The van der Waals surface area contributed by atoms with Gasteiger partial charge in [-0.1, -0.05) is 17.7 Å². The maximum absolute atomic E-state index is 12.9. The number of aromatic nitrogens is 1. The molecule has 174 valence electrons. The highest BCUT2D eigenvalue weighted by Crippen LogP contribution is 2.26. The van der Waals surface area contributed by atoms with E-state index in [1.807, 2.05) is 0 Å². The van der Waals surface area contributed by atoms with Gasteiger partial charge in [-0.2, -0.15) is 8.78 Å². The van der Waals surface area contributed by atoms with Crippen molar-refractivity contribution in [2.24, 2.45) is 0 Å². The highest BCUT2D eigenvalue weighted by Gasteiger charge is 2.23. The van der Waals surface area contributed by atoms with Crippen LogP contribution >= 0.6 is 11.6 Å². The van der Waals surface area contributed by atoms with Gasteiger partial charge in [0.15, 0.2) is 0 Å². The van der Waals surface area contributed by atoms with Crippen molar-refractivity contribution in [1.82, 2.24) is 15.0 Å². The maximum Gasteiger partial charge on any atom is 0.394 e. The van der Waals surface area contributed by atoms with Gasteiger partial charge in [-0.25, -0.2) is 13.9 Å². The number of rotatable bonds is 9. The Kier molecular flexibility index (Phi) is 7.96. The van der Waals surface area contributed by atoms with E-state index in [1.165, 1.54) is 42.6 Å². The molecule has 3 aromatic rings. The van der Waals surface area contributed by atoms with Gasteiger partial charge in [0, 0.05) is 30.8 Å². The molecule has 1 atom stereocenters. The molecule has 2 N–H and O–H groups in total. The predicted molar refractivity (Wildman–Crippen MR) is 120 cm³/mol. The molecular weight excluding hydrogens is 476 g/mol. The number of carbonyl (C=O) groups excluding carboxylic acids is 1. The number of pyridine rings is 1. The number of hydrogen-bond donors (Lipinski definition) is 2. The monoisotopic (exact) mass is 495 g/mol. The van der Waals surface area contributed by atoms with E-state index in [-0.39, 0.29) is 24.1 Å². The normalized spacial score (nSPS) is 12.2. The molecule has 0 fully saturated rings. The fourth-order valence-electron chi connectivity index (χ4n) is 2.66. The topological polar surface area (TPSA) is 89.6 Å². The number of carbonyl (C=O) groups is 1. The summed E-state index contributed by atoms with van der Waals surface area (Å²) in [6, 6.07) is 13.6. The van der Waals surface area contributed by atoms with Crippen LogP contribution < -0.4 is 19.5 Å². The lowest BCUT2D eigenvalue weighted by Crippen LogP contribution is -2.23. The van der Waals surface area contributed by atoms with Crippen LogP contribution in [0.2, 0.25) is 5.02 Å². The Labute approximate surface area is 196 Å². The minimum Gasteiger partial charge on any atom is -0.439 e. The van der Waals surface area contributed by atoms with Crippen LogP contribution in [0.4, 0.5) is 8.78 Å². The average molecular weight is 496 g/mol. The highest BCUT2D eigenvalue weighted by atomic mass is 35.5. The van der Waals surface area contributed by atoms with Gasteiger partial charge >= 0.3 is 6.11 Å². The second-order valence-corrected chi connectivity index (χ2v) is 8.60. The lowest BCUT2D eigenvalue weighted by atomic mass is 10.2. The Bertz CT molecular complexity index is 1140. The molecule has 0 spiro atoms. The van der Waals surface area contributed by atoms with Crippen molar-refractivity contribution in [3.63, 3.8) is 0 Å². The molecule has 2 aromatic carbocycles. The summed E-state index contributed by atoms with van der Waals surface area (Å²) < 4.78 is 50.1. The van der Waals surface area contributed by atoms with Gasteiger partial charge in [-0.15, -0.1) is 0 Å². The van der Waals surface area contributed by atoms with Crippen molar-refractivity contribution in [1.29, 1.82) is 0 Å². The Morgan fingerprint density at radius 3 is 2.39 bits per heavy atom. The van der Waals surface area contributed by atoms with Crippen LogP contribution in [0.5, 0.6) is 17.4 Å². The van der Waals surface area contributed by atoms with Crippen molar-refractivity contribution in [3.05, 3.63) is 76.9 Å². The van der Waals surface area contributed by atoms with E-state index in [1.54, 1.807) is 25.2 Å². The molecule has 1 unspecified atom stereocenters. The van der Waals surface area contributed by atoms with E-state index in [0.29, 0.717) is 33.7 Å². The van der Waals surface area contributed by atoms with Gasteiger partial charge < -0.3 is 14.8 Å².